The molecule has 1 aliphatic heterocycles. The largest absolute Gasteiger partial charge is 0.381 e. The Morgan fingerprint density at radius 1 is 1.22 bits per heavy atom. The Bertz CT molecular complexity index is 820. The minimum absolute atomic E-state index is 0.181. The van der Waals surface area contributed by atoms with Crippen LogP contribution in [0.3, 0.4) is 0 Å². The summed E-state index contributed by atoms with van der Waals surface area (Å²) in [6, 6.07) is 12.8. The maximum atomic E-state index is 14.2. The van der Waals surface area contributed by atoms with Crippen molar-refractivity contribution < 1.29 is 13.9 Å². The monoisotopic (exact) mass is 434 g/mol. The lowest BCUT2D eigenvalue weighted by molar-refractivity contribution is 0.0487. The average Bonchev–Trinajstić information content (AvgIpc) is 2.66. The SMILES string of the molecule is CN(C)c1ccc(C(=O)NCC2(c3cccc(Br)c3)CCOCC2)cc1F. The van der Waals surface area contributed by atoms with E-state index in [0.29, 0.717) is 31.0 Å². The number of carbonyl (C=O) groups is 1. The number of hydrogen-bond acceptors (Lipinski definition) is 3. The summed E-state index contributed by atoms with van der Waals surface area (Å²) in [5.41, 5.74) is 1.78. The van der Waals surface area contributed by atoms with Gasteiger partial charge in [0.05, 0.1) is 5.69 Å². The molecule has 1 saturated heterocycles. The van der Waals surface area contributed by atoms with E-state index in [1.165, 1.54) is 11.6 Å². The van der Waals surface area contributed by atoms with Gasteiger partial charge in [-0.1, -0.05) is 28.1 Å². The van der Waals surface area contributed by atoms with E-state index in [1.54, 1.807) is 31.1 Å². The molecule has 1 aliphatic rings. The lowest BCUT2D eigenvalue weighted by atomic mass is 9.74. The first-order valence-corrected chi connectivity index (χ1v) is 9.79. The molecule has 0 aromatic heterocycles. The summed E-state index contributed by atoms with van der Waals surface area (Å²) in [4.78, 5) is 14.3. The van der Waals surface area contributed by atoms with Crippen LogP contribution in [0.2, 0.25) is 0 Å². The predicted molar refractivity (Wildman–Crippen MR) is 109 cm³/mol. The first-order chi connectivity index (χ1) is 12.9. The van der Waals surface area contributed by atoms with Crippen molar-refractivity contribution in [3.05, 3.63) is 63.9 Å². The lowest BCUT2D eigenvalue weighted by Crippen LogP contribution is -2.44. The van der Waals surface area contributed by atoms with Crippen LogP contribution in [0, 0.1) is 5.82 Å². The molecule has 1 amide bonds. The number of amides is 1. The molecule has 0 spiro atoms. The van der Waals surface area contributed by atoms with Crippen LogP contribution in [0.25, 0.3) is 0 Å². The Balaban J connectivity index is 1.78. The molecule has 0 bridgehead atoms. The molecule has 3 rings (SSSR count). The number of benzene rings is 2. The van der Waals surface area contributed by atoms with Crippen LogP contribution in [-0.4, -0.2) is 39.8 Å². The number of nitrogens with zero attached hydrogens (tertiary/aromatic N) is 1. The van der Waals surface area contributed by atoms with Gasteiger partial charge in [0.25, 0.3) is 5.91 Å². The molecule has 2 aromatic rings. The zero-order valence-corrected chi connectivity index (χ0v) is 17.2. The van der Waals surface area contributed by atoms with Crippen molar-refractivity contribution in [3.8, 4) is 0 Å². The van der Waals surface area contributed by atoms with Crippen molar-refractivity contribution in [2.75, 3.05) is 38.8 Å². The molecule has 27 heavy (non-hydrogen) atoms. The minimum atomic E-state index is -0.402. The molecule has 0 aliphatic carbocycles. The van der Waals surface area contributed by atoms with E-state index in [0.717, 1.165) is 17.3 Å². The van der Waals surface area contributed by atoms with Gasteiger partial charge in [0.1, 0.15) is 5.82 Å². The van der Waals surface area contributed by atoms with Crippen LogP contribution in [-0.2, 0) is 10.2 Å². The van der Waals surface area contributed by atoms with Crippen LogP contribution in [0.5, 0.6) is 0 Å². The zero-order valence-electron chi connectivity index (χ0n) is 15.6. The van der Waals surface area contributed by atoms with E-state index in [4.69, 9.17) is 4.74 Å². The number of carbonyl (C=O) groups excluding carboxylic acids is 1. The van der Waals surface area contributed by atoms with Crippen LogP contribution in [0.4, 0.5) is 10.1 Å². The van der Waals surface area contributed by atoms with Crippen molar-refractivity contribution in [2.24, 2.45) is 0 Å². The van der Waals surface area contributed by atoms with Gasteiger partial charge in [0.2, 0.25) is 0 Å². The maximum absolute atomic E-state index is 14.2. The normalized spacial score (nSPS) is 16.0. The van der Waals surface area contributed by atoms with Gasteiger partial charge in [-0.3, -0.25) is 4.79 Å². The molecule has 0 saturated carbocycles. The lowest BCUT2D eigenvalue weighted by Gasteiger charge is -2.38. The summed E-state index contributed by atoms with van der Waals surface area (Å²) >= 11 is 3.53. The van der Waals surface area contributed by atoms with Crippen LogP contribution < -0.4 is 10.2 Å². The van der Waals surface area contributed by atoms with Gasteiger partial charge in [-0.05, 0) is 48.7 Å². The third-order valence-corrected chi connectivity index (χ3v) is 5.66. The number of anilines is 1. The molecule has 2 aromatic carbocycles. The quantitative estimate of drug-likeness (QED) is 0.768. The average molecular weight is 435 g/mol. The fourth-order valence-electron chi connectivity index (χ4n) is 3.51. The Labute approximate surface area is 167 Å². The Hall–Kier alpha value is -1.92. The highest BCUT2D eigenvalue weighted by atomic mass is 79.9. The molecular weight excluding hydrogens is 411 g/mol. The molecule has 6 heteroatoms. The van der Waals surface area contributed by atoms with Crippen molar-refractivity contribution in [2.45, 2.75) is 18.3 Å². The van der Waals surface area contributed by atoms with Gasteiger partial charge in [0.15, 0.2) is 0 Å². The number of halogens is 2. The fourth-order valence-corrected chi connectivity index (χ4v) is 3.91. The van der Waals surface area contributed by atoms with Crippen LogP contribution in [0.15, 0.2) is 46.9 Å². The molecule has 1 fully saturated rings. The van der Waals surface area contributed by atoms with Gasteiger partial charge >= 0.3 is 0 Å². The highest BCUT2D eigenvalue weighted by molar-refractivity contribution is 9.10. The Morgan fingerprint density at radius 2 is 1.96 bits per heavy atom. The topological polar surface area (TPSA) is 41.6 Å². The molecule has 1 N–H and O–H groups in total. The maximum Gasteiger partial charge on any atom is 0.251 e. The highest BCUT2D eigenvalue weighted by Crippen LogP contribution is 2.35. The Kier molecular flexibility index (Phi) is 6.17. The fraction of sp³-hybridized carbons (Fsp3) is 0.381. The summed E-state index contributed by atoms with van der Waals surface area (Å²) in [5.74, 6) is -0.666. The molecule has 0 unspecified atom stereocenters. The van der Waals surface area contributed by atoms with E-state index in [9.17, 15) is 9.18 Å². The molecule has 4 nitrogen and oxygen atoms in total. The summed E-state index contributed by atoms with van der Waals surface area (Å²) < 4.78 is 20.8. The van der Waals surface area contributed by atoms with E-state index in [-0.39, 0.29) is 11.3 Å². The number of ether oxygens (including phenoxy) is 1. The standard InChI is InChI=1S/C21H24BrFN2O2/c1-25(2)19-7-6-15(12-18(19)23)20(26)24-14-21(8-10-27-11-9-21)16-4-3-5-17(22)13-16/h3-7,12-13H,8-11,14H2,1-2H3,(H,24,26). The third-order valence-electron chi connectivity index (χ3n) is 5.17. The van der Waals surface area contributed by atoms with E-state index >= 15 is 0 Å². The smallest absolute Gasteiger partial charge is 0.251 e. The molecule has 144 valence electrons. The first-order valence-electron chi connectivity index (χ1n) is 9.00. The van der Waals surface area contributed by atoms with Crippen LogP contribution in [0.1, 0.15) is 28.8 Å². The predicted octanol–water partition coefficient (Wildman–Crippen LogP) is 4.13. The second kappa shape index (κ2) is 8.40. The van der Waals surface area contributed by atoms with E-state index in [2.05, 4.69) is 33.4 Å². The number of nitrogens with one attached hydrogen (secondary N) is 1. The molecular formula is C21H24BrFN2O2. The summed E-state index contributed by atoms with van der Waals surface area (Å²) in [6.07, 6.45) is 1.66. The number of rotatable bonds is 5. The van der Waals surface area contributed by atoms with Gasteiger partial charge in [-0.2, -0.15) is 0 Å². The van der Waals surface area contributed by atoms with Gasteiger partial charge in [0, 0.05) is 49.3 Å². The molecule has 1 heterocycles. The first kappa shape index (κ1) is 19.8. The van der Waals surface area contributed by atoms with Crippen molar-refractivity contribution in [1.29, 1.82) is 0 Å². The van der Waals surface area contributed by atoms with Gasteiger partial charge in [-0.25, -0.2) is 4.39 Å². The van der Waals surface area contributed by atoms with Crippen molar-refractivity contribution >= 4 is 27.5 Å². The highest BCUT2D eigenvalue weighted by Gasteiger charge is 2.35. The van der Waals surface area contributed by atoms with E-state index < -0.39 is 5.82 Å². The third kappa shape index (κ3) is 4.50. The summed E-state index contributed by atoms with van der Waals surface area (Å²) in [6.45, 7) is 1.81. The summed E-state index contributed by atoms with van der Waals surface area (Å²) in [5, 5.41) is 3.01. The zero-order chi connectivity index (χ0) is 19.4. The second-order valence-corrected chi connectivity index (χ2v) is 8.06. The Morgan fingerprint density at radius 3 is 2.59 bits per heavy atom. The van der Waals surface area contributed by atoms with Crippen LogP contribution >= 0.6 is 15.9 Å². The van der Waals surface area contributed by atoms with E-state index in [1.807, 2.05) is 12.1 Å². The molecule has 0 atom stereocenters. The molecule has 0 radical (unpaired) electrons. The number of hydrogen-bond donors (Lipinski definition) is 1. The summed E-state index contributed by atoms with van der Waals surface area (Å²) in [7, 11) is 3.54. The van der Waals surface area contributed by atoms with Crippen molar-refractivity contribution in [3.63, 3.8) is 0 Å². The second-order valence-electron chi connectivity index (χ2n) is 7.15. The van der Waals surface area contributed by atoms with Gasteiger partial charge < -0.3 is 15.0 Å². The van der Waals surface area contributed by atoms with Crippen molar-refractivity contribution in [1.82, 2.24) is 5.32 Å². The van der Waals surface area contributed by atoms with Gasteiger partial charge in [-0.15, -0.1) is 0 Å². The minimum Gasteiger partial charge on any atom is -0.381 e.